The van der Waals surface area contributed by atoms with E-state index < -0.39 is 11.9 Å². The van der Waals surface area contributed by atoms with Crippen LogP contribution in [0.4, 0.5) is 5.69 Å². The van der Waals surface area contributed by atoms with Crippen molar-refractivity contribution in [3.05, 3.63) is 78.6 Å². The van der Waals surface area contributed by atoms with Crippen LogP contribution in [0.15, 0.2) is 67.4 Å². The molecule has 1 aliphatic heterocycles. The zero-order chi connectivity index (χ0) is 22.1. The van der Waals surface area contributed by atoms with E-state index in [-0.39, 0.29) is 18.2 Å². The van der Waals surface area contributed by atoms with Crippen LogP contribution in [-0.2, 0) is 11.3 Å². The van der Waals surface area contributed by atoms with E-state index in [0.717, 1.165) is 5.56 Å². The molecular formula is C23H20N6O3. The fourth-order valence-corrected chi connectivity index (χ4v) is 3.65. The minimum absolute atomic E-state index is 0.00158. The van der Waals surface area contributed by atoms with E-state index in [9.17, 15) is 9.59 Å². The van der Waals surface area contributed by atoms with Gasteiger partial charge < -0.3 is 19.5 Å². The molecule has 0 spiro atoms. The van der Waals surface area contributed by atoms with Crippen molar-refractivity contribution in [3.8, 4) is 5.75 Å². The van der Waals surface area contributed by atoms with E-state index in [2.05, 4.69) is 20.3 Å². The van der Waals surface area contributed by atoms with E-state index in [0.29, 0.717) is 29.0 Å². The summed E-state index contributed by atoms with van der Waals surface area (Å²) in [4.78, 5) is 40.0. The summed E-state index contributed by atoms with van der Waals surface area (Å²) in [6.45, 7) is 0.596. The molecule has 160 valence electrons. The van der Waals surface area contributed by atoms with Crippen molar-refractivity contribution in [1.29, 1.82) is 0 Å². The number of nitrogens with zero attached hydrogens (tertiary/aromatic N) is 5. The summed E-state index contributed by atoms with van der Waals surface area (Å²) >= 11 is 0. The quantitative estimate of drug-likeness (QED) is 0.534. The van der Waals surface area contributed by atoms with Crippen molar-refractivity contribution in [2.45, 2.75) is 12.6 Å². The molecule has 9 heteroatoms. The largest absolute Gasteiger partial charge is 0.489 e. The molecule has 0 aliphatic carbocycles. The van der Waals surface area contributed by atoms with Crippen molar-refractivity contribution in [2.75, 3.05) is 18.6 Å². The van der Waals surface area contributed by atoms with Gasteiger partial charge in [0.2, 0.25) is 0 Å². The maximum Gasteiger partial charge on any atom is 0.272 e. The lowest BCUT2D eigenvalue weighted by molar-refractivity contribution is -0.120. The zero-order valence-corrected chi connectivity index (χ0v) is 17.3. The fourth-order valence-electron chi connectivity index (χ4n) is 3.65. The number of ether oxygens (including phenoxy) is 1. The second kappa shape index (κ2) is 8.10. The van der Waals surface area contributed by atoms with Gasteiger partial charge in [-0.25, -0.2) is 4.98 Å². The van der Waals surface area contributed by atoms with E-state index in [1.807, 2.05) is 34.9 Å². The van der Waals surface area contributed by atoms with Crippen molar-refractivity contribution in [3.63, 3.8) is 0 Å². The van der Waals surface area contributed by atoms with E-state index in [1.54, 1.807) is 44.1 Å². The molecule has 32 heavy (non-hydrogen) atoms. The summed E-state index contributed by atoms with van der Waals surface area (Å²) in [6.07, 6.45) is 6.45. The molecule has 1 N–H and O–H groups in total. The number of hydrogen-bond donors (Lipinski definition) is 1. The first-order valence-electron chi connectivity index (χ1n) is 10.1. The van der Waals surface area contributed by atoms with Crippen LogP contribution in [0.25, 0.3) is 11.0 Å². The second-order valence-corrected chi connectivity index (χ2v) is 7.52. The van der Waals surface area contributed by atoms with Crippen LogP contribution < -0.4 is 15.0 Å². The predicted octanol–water partition coefficient (Wildman–Crippen LogP) is 2.03. The molecule has 0 bridgehead atoms. The summed E-state index contributed by atoms with van der Waals surface area (Å²) in [6, 6.07) is 12.5. The number of anilines is 1. The van der Waals surface area contributed by atoms with Gasteiger partial charge in [0.1, 0.15) is 24.1 Å². The van der Waals surface area contributed by atoms with Gasteiger partial charge in [-0.05, 0) is 11.6 Å². The fraction of sp³-hybridized carbons (Fsp3) is 0.174. The lowest BCUT2D eigenvalue weighted by Gasteiger charge is -2.20. The van der Waals surface area contributed by atoms with Gasteiger partial charge in [-0.1, -0.05) is 30.3 Å². The van der Waals surface area contributed by atoms with Gasteiger partial charge in [0, 0.05) is 38.2 Å². The Hall–Kier alpha value is -4.27. The molecular weight excluding hydrogens is 408 g/mol. The van der Waals surface area contributed by atoms with Crippen LogP contribution in [0.1, 0.15) is 16.1 Å². The molecule has 1 aliphatic rings. The summed E-state index contributed by atoms with van der Waals surface area (Å²) in [5.74, 6) is -0.214. The Kier molecular flexibility index (Phi) is 4.98. The van der Waals surface area contributed by atoms with Crippen molar-refractivity contribution < 1.29 is 14.3 Å². The third kappa shape index (κ3) is 3.76. The zero-order valence-electron chi connectivity index (χ0n) is 17.3. The molecule has 3 heterocycles. The average molecular weight is 428 g/mol. The second-order valence-electron chi connectivity index (χ2n) is 7.52. The van der Waals surface area contributed by atoms with Gasteiger partial charge in [-0.3, -0.25) is 19.6 Å². The molecule has 9 nitrogen and oxygen atoms in total. The number of carbonyl (C=O) groups excluding carboxylic acids is 2. The molecule has 2 aromatic carbocycles. The SMILES string of the molecule is CN1C(=O)C(NC(=O)c2cn(Cc3ccccc3)cn2)COc2cc3nccnc3cc21. The van der Waals surface area contributed by atoms with Crippen LogP contribution in [-0.4, -0.2) is 51.0 Å². The molecule has 1 unspecified atom stereocenters. The Labute approximate surface area is 183 Å². The number of rotatable bonds is 4. The minimum atomic E-state index is -0.858. The number of aromatic nitrogens is 4. The Balaban J connectivity index is 1.32. The predicted molar refractivity (Wildman–Crippen MR) is 117 cm³/mol. The maximum absolute atomic E-state index is 13.0. The molecule has 1 atom stereocenters. The number of hydrogen-bond acceptors (Lipinski definition) is 6. The molecule has 0 radical (unpaired) electrons. The number of amides is 2. The van der Waals surface area contributed by atoms with Crippen LogP contribution in [0.5, 0.6) is 5.75 Å². The van der Waals surface area contributed by atoms with Gasteiger partial charge in [0.05, 0.1) is 23.0 Å². The Bertz CT molecular complexity index is 1300. The van der Waals surface area contributed by atoms with Crippen LogP contribution in [0, 0.1) is 0 Å². The number of fused-ring (bicyclic) bond motifs is 2. The summed E-state index contributed by atoms with van der Waals surface area (Å²) in [5.41, 5.74) is 3.23. The molecule has 2 amide bonds. The number of nitrogens with one attached hydrogen (secondary N) is 1. The summed E-state index contributed by atoms with van der Waals surface area (Å²) in [5, 5.41) is 2.75. The molecule has 5 rings (SSSR count). The minimum Gasteiger partial charge on any atom is -0.489 e. The molecule has 0 fully saturated rings. The standard InChI is InChI=1S/C23H20N6O3/c1-28-20-9-16-17(25-8-7-24-16)10-21(20)32-13-19(23(28)31)27-22(30)18-12-29(14-26-18)11-15-5-3-2-4-6-15/h2-10,12,14,19H,11,13H2,1H3,(H,27,30). The Morgan fingerprint density at radius 1 is 1.12 bits per heavy atom. The normalized spacial score (nSPS) is 15.7. The number of imidazole rings is 1. The van der Waals surface area contributed by atoms with Gasteiger partial charge in [0.15, 0.2) is 0 Å². The highest BCUT2D eigenvalue weighted by atomic mass is 16.5. The number of carbonyl (C=O) groups is 2. The Morgan fingerprint density at radius 2 is 1.88 bits per heavy atom. The Morgan fingerprint density at radius 3 is 2.66 bits per heavy atom. The maximum atomic E-state index is 13.0. The van der Waals surface area contributed by atoms with E-state index in [1.165, 1.54) is 4.90 Å². The van der Waals surface area contributed by atoms with Gasteiger partial charge in [-0.15, -0.1) is 0 Å². The van der Waals surface area contributed by atoms with Crippen LogP contribution in [0.3, 0.4) is 0 Å². The first kappa shape index (κ1) is 19.7. The van der Waals surface area contributed by atoms with Gasteiger partial charge in [0.25, 0.3) is 11.8 Å². The van der Waals surface area contributed by atoms with Crippen molar-refractivity contribution in [1.82, 2.24) is 24.8 Å². The highest BCUT2D eigenvalue weighted by molar-refractivity contribution is 6.03. The number of benzene rings is 2. The third-order valence-corrected chi connectivity index (χ3v) is 5.32. The molecule has 0 saturated heterocycles. The number of likely N-dealkylation sites (N-methyl/N-ethyl adjacent to an activating group) is 1. The van der Waals surface area contributed by atoms with Crippen LogP contribution >= 0.6 is 0 Å². The lowest BCUT2D eigenvalue weighted by atomic mass is 10.2. The van der Waals surface area contributed by atoms with Gasteiger partial charge >= 0.3 is 0 Å². The van der Waals surface area contributed by atoms with Gasteiger partial charge in [-0.2, -0.15) is 0 Å². The van der Waals surface area contributed by atoms with Crippen molar-refractivity contribution in [2.24, 2.45) is 0 Å². The van der Waals surface area contributed by atoms with Crippen LogP contribution in [0.2, 0.25) is 0 Å². The lowest BCUT2D eigenvalue weighted by Crippen LogP contribution is -2.49. The highest BCUT2D eigenvalue weighted by Gasteiger charge is 2.31. The third-order valence-electron chi connectivity index (χ3n) is 5.32. The average Bonchev–Trinajstić information content (AvgIpc) is 3.25. The van der Waals surface area contributed by atoms with E-state index in [4.69, 9.17) is 4.74 Å². The topological polar surface area (TPSA) is 102 Å². The highest BCUT2D eigenvalue weighted by Crippen LogP contribution is 2.33. The first-order valence-corrected chi connectivity index (χ1v) is 10.1. The molecule has 4 aromatic rings. The van der Waals surface area contributed by atoms with Crippen molar-refractivity contribution >= 4 is 28.5 Å². The molecule has 0 saturated carbocycles. The monoisotopic (exact) mass is 428 g/mol. The molecule has 2 aromatic heterocycles. The van der Waals surface area contributed by atoms with E-state index >= 15 is 0 Å². The first-order chi connectivity index (χ1) is 15.6. The smallest absolute Gasteiger partial charge is 0.272 e. The summed E-state index contributed by atoms with van der Waals surface area (Å²) in [7, 11) is 1.64. The summed E-state index contributed by atoms with van der Waals surface area (Å²) < 4.78 is 7.68.